The Kier molecular flexibility index (Phi) is 8.25. The van der Waals surface area contributed by atoms with E-state index in [2.05, 4.69) is 13.8 Å². The average Bonchev–Trinajstić information content (AvgIpc) is 3.83. The molecular weight excluding hydrogens is 708 g/mol. The second-order valence-electron chi connectivity index (χ2n) is 13.8. The van der Waals surface area contributed by atoms with Crippen molar-refractivity contribution in [3.63, 3.8) is 0 Å². The first kappa shape index (κ1) is 34.8. The number of ether oxygens (including phenoxy) is 2. The van der Waals surface area contributed by atoms with Crippen molar-refractivity contribution in [3.8, 4) is 23.0 Å². The number of hydrogen-bond donors (Lipinski definition) is 0. The molecule has 274 valence electrons. The Hall–Kier alpha value is -7.22. The van der Waals surface area contributed by atoms with Crippen molar-refractivity contribution in [2.75, 3.05) is 13.3 Å². The summed E-state index contributed by atoms with van der Waals surface area (Å²) in [7, 11) is 0. The molecule has 0 unspecified atom stereocenters. The van der Waals surface area contributed by atoms with Gasteiger partial charge in [0.05, 0.1) is 22.3 Å². The van der Waals surface area contributed by atoms with Crippen molar-refractivity contribution in [1.82, 2.24) is 19.6 Å². The van der Waals surface area contributed by atoms with Crippen LogP contribution in [-0.4, -0.2) is 80.2 Å². The Morgan fingerprint density at radius 2 is 0.818 bits per heavy atom. The summed E-state index contributed by atoms with van der Waals surface area (Å²) < 4.78 is 12.0. The van der Waals surface area contributed by atoms with E-state index in [4.69, 9.17) is 9.47 Å². The zero-order valence-corrected chi connectivity index (χ0v) is 29.4. The molecule has 4 aliphatic rings. The summed E-state index contributed by atoms with van der Waals surface area (Å²) in [5, 5.41) is 0. The molecule has 4 aromatic rings. The minimum atomic E-state index is -0.635. The lowest BCUT2D eigenvalue weighted by atomic mass is 9.78. The lowest BCUT2D eigenvalue weighted by Crippen LogP contribution is -2.43. The molecular formula is C41H30N4O10. The highest BCUT2D eigenvalue weighted by Crippen LogP contribution is 2.36. The maximum absolute atomic E-state index is 13.1. The van der Waals surface area contributed by atoms with Gasteiger partial charge >= 0.3 is 0 Å². The minimum Gasteiger partial charge on any atom is -0.457 e. The summed E-state index contributed by atoms with van der Waals surface area (Å²) in [6.07, 6.45) is 2.28. The fourth-order valence-electron chi connectivity index (χ4n) is 6.88. The summed E-state index contributed by atoms with van der Waals surface area (Å²) >= 11 is 0. The van der Waals surface area contributed by atoms with Gasteiger partial charge in [0.15, 0.2) is 0 Å². The lowest BCUT2D eigenvalue weighted by molar-refractivity contribution is -0.140. The number of imide groups is 4. The van der Waals surface area contributed by atoms with E-state index in [1.165, 1.54) is 24.3 Å². The maximum atomic E-state index is 13.1. The van der Waals surface area contributed by atoms with E-state index in [0.29, 0.717) is 23.0 Å². The molecule has 0 bridgehead atoms. The second-order valence-corrected chi connectivity index (χ2v) is 13.8. The summed E-state index contributed by atoms with van der Waals surface area (Å²) in [6.45, 7) is 3.23. The highest BCUT2D eigenvalue weighted by molar-refractivity contribution is 6.23. The fourth-order valence-corrected chi connectivity index (χ4v) is 6.88. The van der Waals surface area contributed by atoms with E-state index >= 15 is 0 Å². The number of rotatable bonds is 10. The lowest BCUT2D eigenvalue weighted by Gasteiger charge is -2.26. The van der Waals surface area contributed by atoms with Crippen LogP contribution in [0.15, 0.2) is 97.1 Å². The standard InChI is InChI=1S/C41H30N4O10/c1-41(2,23-3-7-25(8-4-23)54-27-11-13-29-31(19-27)39(52)44(37(29)50)21-42-33(46)15-16-34(42)47)24-5-9-26(10-6-24)55-28-12-14-30-32(20-28)40(53)45(38(30)51)22-43-35(48)17-18-36(43)49/h3-16,19-20H,17-18,21-22H2,1-2H3. The Labute approximate surface area is 313 Å². The van der Waals surface area contributed by atoms with E-state index in [1.807, 2.05) is 24.3 Å². The number of carbonyl (C=O) groups excluding carboxylic acids is 8. The third-order valence-electron chi connectivity index (χ3n) is 10.1. The number of amides is 8. The number of carbonyl (C=O) groups is 8. The molecule has 14 nitrogen and oxygen atoms in total. The zero-order valence-electron chi connectivity index (χ0n) is 29.4. The van der Waals surface area contributed by atoms with Gasteiger partial charge in [0.2, 0.25) is 11.8 Å². The molecule has 4 aliphatic heterocycles. The highest BCUT2D eigenvalue weighted by Gasteiger charge is 2.41. The molecule has 0 N–H and O–H groups in total. The van der Waals surface area contributed by atoms with Crippen LogP contribution in [0.2, 0.25) is 0 Å². The van der Waals surface area contributed by atoms with Crippen molar-refractivity contribution in [2.24, 2.45) is 0 Å². The van der Waals surface area contributed by atoms with E-state index in [9.17, 15) is 38.4 Å². The molecule has 0 atom stereocenters. The highest BCUT2D eigenvalue weighted by atomic mass is 16.5. The first-order valence-electron chi connectivity index (χ1n) is 17.2. The molecule has 14 heteroatoms. The third-order valence-corrected chi connectivity index (χ3v) is 10.1. The Morgan fingerprint density at radius 3 is 1.24 bits per heavy atom. The number of fused-ring (bicyclic) bond motifs is 2. The molecule has 1 fully saturated rings. The number of hydrogen-bond acceptors (Lipinski definition) is 10. The molecule has 0 spiro atoms. The second kappa shape index (κ2) is 13.0. The molecule has 0 aromatic heterocycles. The van der Waals surface area contributed by atoms with Gasteiger partial charge in [-0.05, 0) is 71.8 Å². The first-order chi connectivity index (χ1) is 26.3. The summed E-state index contributed by atoms with van der Waals surface area (Å²) in [5.74, 6) is -2.82. The Morgan fingerprint density at radius 1 is 0.455 bits per heavy atom. The van der Waals surface area contributed by atoms with Gasteiger partial charge in [-0.1, -0.05) is 38.1 Å². The van der Waals surface area contributed by atoms with Crippen LogP contribution in [0.3, 0.4) is 0 Å². The summed E-state index contributed by atoms with van der Waals surface area (Å²) in [5.41, 5.74) is 2.05. The van der Waals surface area contributed by atoms with Crippen molar-refractivity contribution in [3.05, 3.63) is 130 Å². The van der Waals surface area contributed by atoms with Crippen LogP contribution < -0.4 is 9.47 Å². The Bertz CT molecular complexity index is 2270. The van der Waals surface area contributed by atoms with Gasteiger partial charge in [-0.25, -0.2) is 0 Å². The van der Waals surface area contributed by atoms with Crippen LogP contribution in [-0.2, 0) is 24.6 Å². The van der Waals surface area contributed by atoms with Crippen molar-refractivity contribution >= 4 is 47.3 Å². The molecule has 4 aromatic carbocycles. The smallest absolute Gasteiger partial charge is 0.263 e. The molecule has 55 heavy (non-hydrogen) atoms. The molecule has 1 saturated heterocycles. The van der Waals surface area contributed by atoms with Gasteiger partial charge in [0.25, 0.3) is 35.4 Å². The van der Waals surface area contributed by atoms with Crippen molar-refractivity contribution in [1.29, 1.82) is 0 Å². The first-order valence-corrected chi connectivity index (χ1v) is 17.2. The average molecular weight is 739 g/mol. The topological polar surface area (TPSA) is 168 Å². The van der Waals surface area contributed by atoms with Crippen LogP contribution in [0.4, 0.5) is 0 Å². The van der Waals surface area contributed by atoms with Crippen molar-refractivity contribution < 1.29 is 47.8 Å². The van der Waals surface area contributed by atoms with Crippen LogP contribution in [0, 0.1) is 0 Å². The number of benzene rings is 4. The van der Waals surface area contributed by atoms with E-state index < -0.39 is 66.0 Å². The van der Waals surface area contributed by atoms with Crippen LogP contribution in [0.25, 0.3) is 0 Å². The van der Waals surface area contributed by atoms with Crippen LogP contribution in [0.1, 0.15) is 79.2 Å². The summed E-state index contributed by atoms with van der Waals surface area (Å²) in [4.78, 5) is 104. The maximum Gasteiger partial charge on any atom is 0.263 e. The number of likely N-dealkylation sites (tertiary alicyclic amines) is 1. The molecule has 4 heterocycles. The van der Waals surface area contributed by atoms with E-state index in [0.717, 1.165) is 42.9 Å². The van der Waals surface area contributed by atoms with Gasteiger partial charge in [0, 0.05) is 30.4 Å². The van der Waals surface area contributed by atoms with E-state index in [1.54, 1.807) is 36.4 Å². The molecule has 8 rings (SSSR count). The largest absolute Gasteiger partial charge is 0.457 e. The quantitative estimate of drug-likeness (QED) is 0.207. The van der Waals surface area contributed by atoms with Gasteiger partial charge in [0.1, 0.15) is 36.3 Å². The third kappa shape index (κ3) is 6.02. The Balaban J connectivity index is 0.908. The zero-order chi connectivity index (χ0) is 38.8. The minimum absolute atomic E-state index is 0.0568. The monoisotopic (exact) mass is 738 g/mol. The molecule has 0 saturated carbocycles. The molecule has 0 aliphatic carbocycles. The van der Waals surface area contributed by atoms with Crippen LogP contribution in [0.5, 0.6) is 23.0 Å². The predicted octanol–water partition coefficient (Wildman–Crippen LogP) is 4.78. The van der Waals surface area contributed by atoms with Gasteiger partial charge in [-0.3, -0.25) is 58.0 Å². The SMILES string of the molecule is CC(C)(c1ccc(Oc2ccc3c(c2)C(=O)N(CN2C(=O)C=CC2=O)C3=O)cc1)c1ccc(Oc2ccc3c(c2)C(=O)N(CN2C(=O)CCC2=O)C3=O)cc1. The predicted molar refractivity (Wildman–Crippen MR) is 191 cm³/mol. The van der Waals surface area contributed by atoms with Gasteiger partial charge < -0.3 is 9.47 Å². The fraction of sp³-hybridized carbons (Fsp3) is 0.171. The number of nitrogens with zero attached hydrogens (tertiary/aromatic N) is 4. The van der Waals surface area contributed by atoms with Crippen LogP contribution >= 0.6 is 0 Å². The molecule has 8 amide bonds. The van der Waals surface area contributed by atoms with E-state index in [-0.39, 0.29) is 35.1 Å². The van der Waals surface area contributed by atoms with Gasteiger partial charge in [-0.15, -0.1) is 0 Å². The van der Waals surface area contributed by atoms with Crippen molar-refractivity contribution in [2.45, 2.75) is 32.1 Å². The van der Waals surface area contributed by atoms with Gasteiger partial charge in [-0.2, -0.15) is 0 Å². The molecule has 0 radical (unpaired) electrons. The summed E-state index contributed by atoms with van der Waals surface area (Å²) in [6, 6.07) is 23.9. The normalized spacial score (nSPS) is 16.6.